The van der Waals surface area contributed by atoms with Gasteiger partial charge in [-0.05, 0) is 12.8 Å². The van der Waals surface area contributed by atoms with Crippen molar-refractivity contribution in [1.82, 2.24) is 0 Å². The zero-order chi connectivity index (χ0) is 6.73. The van der Waals surface area contributed by atoms with Crippen LogP contribution in [0, 0.1) is 12.8 Å². The minimum Gasteiger partial charge on any atom is -0.0878 e. The molecule has 0 fully saturated rings. The lowest BCUT2D eigenvalue weighted by Crippen LogP contribution is -2.16. The van der Waals surface area contributed by atoms with Gasteiger partial charge in [-0.1, -0.05) is 45.7 Å². The normalized spacial score (nSPS) is 18.8. The second-order valence-corrected chi connectivity index (χ2v) is 4.44. The Bertz CT molecular complexity index is 51.5. The number of halogens is 2. The fraction of sp³-hybridized carbons (Fsp3) is 0.833. The molecule has 0 saturated heterocycles. The van der Waals surface area contributed by atoms with Crippen molar-refractivity contribution in [2.24, 2.45) is 5.92 Å². The number of rotatable bonds is 2. The van der Waals surface area contributed by atoms with Crippen LogP contribution in [0.4, 0.5) is 0 Å². The molecule has 0 N–H and O–H groups in total. The molecule has 2 heteroatoms. The summed E-state index contributed by atoms with van der Waals surface area (Å²) in [7, 11) is 0. The summed E-state index contributed by atoms with van der Waals surface area (Å²) in [5, 5.41) is 0. The van der Waals surface area contributed by atoms with Crippen LogP contribution in [0.1, 0.15) is 13.8 Å². The van der Waals surface area contributed by atoms with Crippen molar-refractivity contribution in [1.29, 1.82) is 0 Å². The summed E-state index contributed by atoms with van der Waals surface area (Å²) in [6.07, 6.45) is 0. The Balaban J connectivity index is 3.46. The van der Waals surface area contributed by atoms with Crippen LogP contribution in [0.3, 0.4) is 0 Å². The van der Waals surface area contributed by atoms with E-state index in [1.807, 2.05) is 0 Å². The first-order valence-electron chi connectivity index (χ1n) is 2.67. The summed E-state index contributed by atoms with van der Waals surface area (Å²) in [4.78, 5) is 0.810. The van der Waals surface area contributed by atoms with Crippen molar-refractivity contribution in [2.75, 3.05) is 0 Å². The smallest absolute Gasteiger partial charge is 0.0294 e. The molecule has 0 heterocycles. The summed E-state index contributed by atoms with van der Waals surface area (Å²) in [5.74, 6) is 0.650. The first kappa shape index (κ1) is 8.96. The largest absolute Gasteiger partial charge is 0.0878 e. The van der Waals surface area contributed by atoms with Gasteiger partial charge in [0.1, 0.15) is 0 Å². The van der Waals surface area contributed by atoms with Crippen molar-refractivity contribution >= 4 is 31.9 Å². The third kappa shape index (κ3) is 3.08. The average molecular weight is 243 g/mol. The standard InChI is InChI=1S/C6H11Br2/c1-4(2)6(8)5(3)7/h4-6H,3H2,1-2H3. The van der Waals surface area contributed by atoms with Gasteiger partial charge < -0.3 is 0 Å². The van der Waals surface area contributed by atoms with E-state index in [-0.39, 0.29) is 0 Å². The van der Waals surface area contributed by atoms with E-state index in [9.17, 15) is 0 Å². The van der Waals surface area contributed by atoms with Crippen molar-refractivity contribution in [3.8, 4) is 0 Å². The summed E-state index contributed by atoms with van der Waals surface area (Å²) >= 11 is 6.88. The maximum Gasteiger partial charge on any atom is 0.0294 e. The minimum atomic E-state index is 0.322. The molecular formula is C6H11Br2. The van der Waals surface area contributed by atoms with Gasteiger partial charge >= 0.3 is 0 Å². The molecule has 0 aliphatic carbocycles. The highest BCUT2D eigenvalue weighted by atomic mass is 79.9. The fourth-order valence-corrected chi connectivity index (χ4v) is 1.03. The highest BCUT2D eigenvalue weighted by Gasteiger charge is 2.13. The molecule has 0 spiro atoms. The van der Waals surface area contributed by atoms with E-state index in [1.54, 1.807) is 0 Å². The van der Waals surface area contributed by atoms with Crippen molar-refractivity contribution < 1.29 is 0 Å². The van der Waals surface area contributed by atoms with E-state index in [1.165, 1.54) is 0 Å². The van der Waals surface area contributed by atoms with E-state index in [0.29, 0.717) is 15.6 Å². The Morgan fingerprint density at radius 2 is 1.62 bits per heavy atom. The predicted molar refractivity (Wildman–Crippen MR) is 45.6 cm³/mol. The molecule has 0 amide bonds. The molecule has 49 valence electrons. The molecular weight excluding hydrogens is 232 g/mol. The van der Waals surface area contributed by atoms with Crippen molar-refractivity contribution in [3.63, 3.8) is 0 Å². The Morgan fingerprint density at radius 1 is 1.25 bits per heavy atom. The highest BCUT2D eigenvalue weighted by Crippen LogP contribution is 2.20. The first-order chi connectivity index (χ1) is 3.55. The van der Waals surface area contributed by atoms with Gasteiger partial charge in [-0.25, -0.2) is 0 Å². The quantitative estimate of drug-likeness (QED) is 0.654. The zero-order valence-corrected chi connectivity index (χ0v) is 8.37. The summed E-state index contributed by atoms with van der Waals surface area (Å²) < 4.78 is 0. The van der Waals surface area contributed by atoms with Gasteiger partial charge in [-0.3, -0.25) is 0 Å². The Labute approximate surface area is 68.3 Å². The monoisotopic (exact) mass is 241 g/mol. The number of hydrogen-bond donors (Lipinski definition) is 0. The van der Waals surface area contributed by atoms with Crippen LogP contribution in [-0.2, 0) is 0 Å². The first-order valence-corrected chi connectivity index (χ1v) is 4.50. The van der Waals surface area contributed by atoms with Gasteiger partial charge in [0, 0.05) is 9.65 Å². The van der Waals surface area contributed by atoms with Crippen LogP contribution >= 0.6 is 31.9 Å². The van der Waals surface area contributed by atoms with Crippen molar-refractivity contribution in [3.05, 3.63) is 6.92 Å². The Hall–Kier alpha value is 0.960. The van der Waals surface area contributed by atoms with E-state index < -0.39 is 0 Å². The van der Waals surface area contributed by atoms with Crippen LogP contribution in [0.25, 0.3) is 0 Å². The predicted octanol–water partition coefficient (Wildman–Crippen LogP) is 3.00. The SMILES string of the molecule is [CH2]C(Br)C(Br)C(C)C. The maximum absolute atomic E-state index is 3.83. The van der Waals surface area contributed by atoms with Crippen LogP contribution in [-0.4, -0.2) is 9.65 Å². The van der Waals surface area contributed by atoms with Gasteiger partial charge in [0.25, 0.3) is 0 Å². The number of hydrogen-bond acceptors (Lipinski definition) is 0. The molecule has 0 saturated carbocycles. The fourth-order valence-electron chi connectivity index (χ4n) is 0.418. The topological polar surface area (TPSA) is 0 Å². The third-order valence-corrected chi connectivity index (χ3v) is 3.96. The lowest BCUT2D eigenvalue weighted by molar-refractivity contribution is 0.630. The van der Waals surface area contributed by atoms with Crippen LogP contribution < -0.4 is 0 Å². The van der Waals surface area contributed by atoms with Crippen LogP contribution in [0.5, 0.6) is 0 Å². The Morgan fingerprint density at radius 3 is 1.62 bits per heavy atom. The molecule has 8 heavy (non-hydrogen) atoms. The molecule has 0 aliphatic rings. The highest BCUT2D eigenvalue weighted by molar-refractivity contribution is 9.12. The van der Waals surface area contributed by atoms with Crippen LogP contribution in [0.2, 0.25) is 0 Å². The average Bonchev–Trinajstić information content (AvgIpc) is 1.64. The van der Waals surface area contributed by atoms with E-state index >= 15 is 0 Å². The van der Waals surface area contributed by atoms with E-state index in [0.717, 1.165) is 0 Å². The molecule has 0 aromatic carbocycles. The molecule has 0 aromatic heterocycles. The van der Waals surface area contributed by atoms with E-state index in [4.69, 9.17) is 0 Å². The molecule has 0 nitrogen and oxygen atoms in total. The lowest BCUT2D eigenvalue weighted by atomic mass is 10.1. The molecule has 2 atom stereocenters. The summed E-state index contributed by atoms with van der Waals surface area (Å²) in [6.45, 7) is 8.16. The number of alkyl halides is 2. The minimum absolute atomic E-state index is 0.322. The molecule has 0 rings (SSSR count). The second kappa shape index (κ2) is 3.89. The summed E-state index contributed by atoms with van der Waals surface area (Å²) in [6, 6.07) is 0. The van der Waals surface area contributed by atoms with E-state index in [2.05, 4.69) is 52.6 Å². The molecule has 2 unspecified atom stereocenters. The van der Waals surface area contributed by atoms with Crippen LogP contribution in [0.15, 0.2) is 0 Å². The van der Waals surface area contributed by atoms with Crippen molar-refractivity contribution in [2.45, 2.75) is 23.5 Å². The zero-order valence-electron chi connectivity index (χ0n) is 5.20. The van der Waals surface area contributed by atoms with Gasteiger partial charge in [-0.2, -0.15) is 0 Å². The lowest BCUT2D eigenvalue weighted by Gasteiger charge is -2.15. The molecule has 1 radical (unpaired) electrons. The maximum atomic E-state index is 3.83. The van der Waals surface area contributed by atoms with Gasteiger partial charge in [0.15, 0.2) is 0 Å². The van der Waals surface area contributed by atoms with Gasteiger partial charge in [-0.15, -0.1) is 0 Å². The third-order valence-electron chi connectivity index (χ3n) is 0.982. The summed E-state index contributed by atoms with van der Waals surface area (Å²) in [5.41, 5.74) is 0. The second-order valence-electron chi connectivity index (χ2n) is 2.20. The Kier molecular flexibility index (Phi) is 4.35. The molecule has 0 bridgehead atoms. The molecule has 0 aromatic rings. The van der Waals surface area contributed by atoms with Gasteiger partial charge in [0.05, 0.1) is 0 Å². The van der Waals surface area contributed by atoms with Gasteiger partial charge in [0.2, 0.25) is 0 Å². The molecule has 0 aliphatic heterocycles.